The van der Waals surface area contributed by atoms with Crippen molar-refractivity contribution in [2.24, 2.45) is 5.73 Å². The van der Waals surface area contributed by atoms with Gasteiger partial charge in [-0.05, 0) is 30.9 Å². The van der Waals surface area contributed by atoms with Crippen molar-refractivity contribution in [1.82, 2.24) is 10.2 Å². The number of nitrogens with two attached hydrogens (primary N) is 1. The number of fused-ring (bicyclic) bond motifs is 1. The van der Waals surface area contributed by atoms with Crippen LogP contribution < -0.4 is 11.1 Å². The summed E-state index contributed by atoms with van der Waals surface area (Å²) < 4.78 is 0. The standard InChI is InChI=1S/C16H23N3O/c1-11-2-3-12-9-18-10-15(14(12)8-11)16(20)19-6-4-13(17)5-7-19/h2-3,8,13,15,18H,4-7,9-10,17H2,1H3. The summed E-state index contributed by atoms with van der Waals surface area (Å²) in [6.07, 6.45) is 1.85. The zero-order valence-electron chi connectivity index (χ0n) is 12.1. The first-order valence-electron chi connectivity index (χ1n) is 7.49. The quantitative estimate of drug-likeness (QED) is 0.806. The number of rotatable bonds is 1. The molecule has 3 N–H and O–H groups in total. The molecule has 108 valence electrons. The Hall–Kier alpha value is -1.39. The molecule has 1 unspecified atom stereocenters. The molecule has 0 spiro atoms. The van der Waals surface area contributed by atoms with E-state index in [2.05, 4.69) is 30.4 Å². The second-order valence-electron chi connectivity index (χ2n) is 6.05. The van der Waals surface area contributed by atoms with Crippen LogP contribution in [0.5, 0.6) is 0 Å². The molecule has 2 aliphatic heterocycles. The summed E-state index contributed by atoms with van der Waals surface area (Å²) in [5.74, 6) is 0.226. The maximum atomic E-state index is 12.8. The van der Waals surface area contributed by atoms with Gasteiger partial charge in [-0.25, -0.2) is 0 Å². The van der Waals surface area contributed by atoms with E-state index in [9.17, 15) is 4.79 Å². The van der Waals surface area contributed by atoms with Crippen LogP contribution in [0.25, 0.3) is 0 Å². The van der Waals surface area contributed by atoms with Gasteiger partial charge in [0.2, 0.25) is 5.91 Å². The second kappa shape index (κ2) is 5.54. The minimum absolute atomic E-state index is 0.0343. The highest BCUT2D eigenvalue weighted by atomic mass is 16.2. The van der Waals surface area contributed by atoms with Crippen LogP contribution in [0.3, 0.4) is 0 Å². The minimum Gasteiger partial charge on any atom is -0.342 e. The maximum absolute atomic E-state index is 12.8. The number of benzene rings is 1. The highest BCUT2D eigenvalue weighted by molar-refractivity contribution is 5.85. The highest BCUT2D eigenvalue weighted by Gasteiger charge is 2.31. The first-order valence-corrected chi connectivity index (χ1v) is 7.49. The molecule has 1 amide bonds. The summed E-state index contributed by atoms with van der Waals surface area (Å²) in [5.41, 5.74) is 9.62. The SMILES string of the molecule is Cc1ccc2c(c1)C(C(=O)N1CCC(N)CC1)CNC2. The summed E-state index contributed by atoms with van der Waals surface area (Å²) in [5, 5.41) is 3.37. The number of hydrogen-bond acceptors (Lipinski definition) is 3. The molecule has 1 aromatic carbocycles. The number of nitrogens with zero attached hydrogens (tertiary/aromatic N) is 1. The summed E-state index contributed by atoms with van der Waals surface area (Å²) in [6, 6.07) is 6.70. The first-order chi connectivity index (χ1) is 9.65. The van der Waals surface area contributed by atoms with Crippen LogP contribution >= 0.6 is 0 Å². The fourth-order valence-corrected chi connectivity index (χ4v) is 3.22. The van der Waals surface area contributed by atoms with E-state index in [4.69, 9.17) is 5.73 Å². The smallest absolute Gasteiger partial charge is 0.231 e. The number of carbonyl (C=O) groups is 1. The van der Waals surface area contributed by atoms with Crippen molar-refractivity contribution in [1.29, 1.82) is 0 Å². The minimum atomic E-state index is -0.0343. The van der Waals surface area contributed by atoms with Gasteiger partial charge in [0.25, 0.3) is 0 Å². The van der Waals surface area contributed by atoms with E-state index in [0.717, 1.165) is 39.0 Å². The number of nitrogens with one attached hydrogen (secondary N) is 1. The Bertz CT molecular complexity index is 506. The molecule has 0 bridgehead atoms. The Balaban J connectivity index is 1.81. The molecule has 0 saturated carbocycles. The van der Waals surface area contributed by atoms with Crippen LogP contribution in [0.1, 0.15) is 35.4 Å². The first kappa shape index (κ1) is 13.6. The van der Waals surface area contributed by atoms with Crippen LogP contribution in [-0.2, 0) is 11.3 Å². The lowest BCUT2D eigenvalue weighted by Gasteiger charge is -2.35. The Kier molecular flexibility index (Phi) is 3.76. The van der Waals surface area contributed by atoms with Gasteiger partial charge in [0.1, 0.15) is 0 Å². The number of carbonyl (C=O) groups excluding carboxylic acids is 1. The predicted molar refractivity (Wildman–Crippen MR) is 79.4 cm³/mol. The molecular formula is C16H23N3O. The normalized spacial score (nSPS) is 23.5. The van der Waals surface area contributed by atoms with E-state index in [-0.39, 0.29) is 17.9 Å². The Morgan fingerprint density at radius 3 is 2.85 bits per heavy atom. The number of amides is 1. The number of likely N-dealkylation sites (tertiary alicyclic amines) is 1. The number of hydrogen-bond donors (Lipinski definition) is 2. The maximum Gasteiger partial charge on any atom is 0.231 e. The van der Waals surface area contributed by atoms with Gasteiger partial charge in [-0.2, -0.15) is 0 Å². The summed E-state index contributed by atoms with van der Waals surface area (Å²) in [6.45, 7) is 5.31. The molecule has 4 heteroatoms. The topological polar surface area (TPSA) is 58.4 Å². The third kappa shape index (κ3) is 2.58. The van der Waals surface area contributed by atoms with E-state index in [1.807, 2.05) is 4.90 Å². The van der Waals surface area contributed by atoms with E-state index < -0.39 is 0 Å². The lowest BCUT2D eigenvalue weighted by Crippen LogP contribution is -2.47. The van der Waals surface area contributed by atoms with Gasteiger partial charge in [0.05, 0.1) is 5.92 Å². The van der Waals surface area contributed by atoms with Gasteiger partial charge in [0.15, 0.2) is 0 Å². The Labute approximate surface area is 120 Å². The lowest BCUT2D eigenvalue weighted by molar-refractivity contribution is -0.133. The summed E-state index contributed by atoms with van der Waals surface area (Å²) in [7, 11) is 0. The van der Waals surface area contributed by atoms with E-state index >= 15 is 0 Å². The Morgan fingerprint density at radius 2 is 2.10 bits per heavy atom. The zero-order chi connectivity index (χ0) is 14.1. The molecule has 2 heterocycles. The van der Waals surface area contributed by atoms with Crippen LogP contribution in [0.4, 0.5) is 0 Å². The van der Waals surface area contributed by atoms with Crippen LogP contribution in [0.2, 0.25) is 0 Å². The molecule has 1 aromatic rings. The van der Waals surface area contributed by atoms with Crippen LogP contribution in [0, 0.1) is 6.92 Å². The van der Waals surface area contributed by atoms with Crippen LogP contribution in [-0.4, -0.2) is 36.5 Å². The average Bonchev–Trinajstić information content (AvgIpc) is 2.46. The zero-order valence-corrected chi connectivity index (χ0v) is 12.1. The molecule has 1 atom stereocenters. The number of aryl methyl sites for hydroxylation is 1. The molecule has 1 saturated heterocycles. The third-order valence-corrected chi connectivity index (χ3v) is 4.49. The molecule has 1 fully saturated rings. The Morgan fingerprint density at radius 1 is 1.35 bits per heavy atom. The predicted octanol–water partition coefficient (Wildman–Crippen LogP) is 1.13. The van der Waals surface area contributed by atoms with Crippen molar-refractivity contribution in [2.75, 3.05) is 19.6 Å². The molecule has 20 heavy (non-hydrogen) atoms. The van der Waals surface area contributed by atoms with E-state index in [1.54, 1.807) is 0 Å². The molecule has 0 aromatic heterocycles. The van der Waals surface area contributed by atoms with Gasteiger partial charge in [-0.15, -0.1) is 0 Å². The van der Waals surface area contributed by atoms with Gasteiger partial charge in [0, 0.05) is 32.2 Å². The molecular weight excluding hydrogens is 250 g/mol. The van der Waals surface area contributed by atoms with Crippen LogP contribution in [0.15, 0.2) is 18.2 Å². The second-order valence-corrected chi connectivity index (χ2v) is 6.05. The molecule has 4 nitrogen and oxygen atoms in total. The fraction of sp³-hybridized carbons (Fsp3) is 0.562. The van der Waals surface area contributed by atoms with E-state index in [0.29, 0.717) is 0 Å². The van der Waals surface area contributed by atoms with Crippen molar-refractivity contribution in [3.63, 3.8) is 0 Å². The van der Waals surface area contributed by atoms with Crippen molar-refractivity contribution in [3.05, 3.63) is 34.9 Å². The highest BCUT2D eigenvalue weighted by Crippen LogP contribution is 2.27. The average molecular weight is 273 g/mol. The van der Waals surface area contributed by atoms with E-state index in [1.165, 1.54) is 16.7 Å². The monoisotopic (exact) mass is 273 g/mol. The molecule has 2 aliphatic rings. The fourth-order valence-electron chi connectivity index (χ4n) is 3.22. The van der Waals surface area contributed by atoms with Crippen molar-refractivity contribution in [3.8, 4) is 0 Å². The van der Waals surface area contributed by atoms with Gasteiger partial charge in [-0.1, -0.05) is 23.8 Å². The molecule has 0 aliphatic carbocycles. The van der Waals surface area contributed by atoms with Crippen molar-refractivity contribution >= 4 is 5.91 Å². The van der Waals surface area contributed by atoms with Crippen molar-refractivity contribution in [2.45, 2.75) is 38.3 Å². The number of piperidine rings is 1. The summed E-state index contributed by atoms with van der Waals surface area (Å²) in [4.78, 5) is 14.8. The van der Waals surface area contributed by atoms with Crippen molar-refractivity contribution < 1.29 is 4.79 Å². The van der Waals surface area contributed by atoms with Gasteiger partial charge in [-0.3, -0.25) is 4.79 Å². The summed E-state index contributed by atoms with van der Waals surface area (Å²) >= 11 is 0. The largest absolute Gasteiger partial charge is 0.342 e. The lowest BCUT2D eigenvalue weighted by atomic mass is 9.88. The molecule has 0 radical (unpaired) electrons. The van der Waals surface area contributed by atoms with Gasteiger partial charge >= 0.3 is 0 Å². The molecule has 3 rings (SSSR count). The van der Waals surface area contributed by atoms with Gasteiger partial charge < -0.3 is 16.0 Å². The third-order valence-electron chi connectivity index (χ3n) is 4.49.